The van der Waals surface area contributed by atoms with E-state index in [2.05, 4.69) is 20.5 Å². The van der Waals surface area contributed by atoms with Crippen LogP contribution in [-0.2, 0) is 6.54 Å². The summed E-state index contributed by atoms with van der Waals surface area (Å²) >= 11 is 12.5. The molecule has 178 valence electrons. The molecular weight excluding hydrogens is 499 g/mol. The van der Waals surface area contributed by atoms with Gasteiger partial charge in [-0.05, 0) is 32.0 Å². The summed E-state index contributed by atoms with van der Waals surface area (Å²) in [5, 5.41) is 11.8. The summed E-state index contributed by atoms with van der Waals surface area (Å²) in [6.45, 7) is 3.63. The van der Waals surface area contributed by atoms with Gasteiger partial charge in [0.25, 0.3) is 18.8 Å². The number of carbonyl (C=O) groups is 1. The van der Waals surface area contributed by atoms with Crippen LogP contribution in [0.5, 0.6) is 0 Å². The van der Waals surface area contributed by atoms with E-state index >= 15 is 0 Å². The van der Waals surface area contributed by atoms with Gasteiger partial charge in [0, 0.05) is 21.7 Å². The van der Waals surface area contributed by atoms with Crippen molar-refractivity contribution in [3.8, 4) is 0 Å². The molecule has 0 saturated heterocycles. The molecule has 7 nitrogen and oxygen atoms in total. The molecule has 0 bridgehead atoms. The molecule has 0 unspecified atom stereocenters. The van der Waals surface area contributed by atoms with Gasteiger partial charge in [0.1, 0.15) is 11.4 Å². The molecule has 34 heavy (non-hydrogen) atoms. The average Bonchev–Trinajstić information content (AvgIpc) is 3.32. The van der Waals surface area contributed by atoms with Gasteiger partial charge in [0.05, 0.1) is 23.6 Å². The van der Waals surface area contributed by atoms with Crippen molar-refractivity contribution >= 4 is 40.4 Å². The number of carbonyl (C=O) groups excluding carboxylic acids is 1. The van der Waals surface area contributed by atoms with Crippen molar-refractivity contribution in [1.82, 2.24) is 24.4 Å². The van der Waals surface area contributed by atoms with Crippen molar-refractivity contribution in [2.24, 2.45) is 0 Å². The van der Waals surface area contributed by atoms with E-state index in [1.807, 2.05) is 0 Å². The third kappa shape index (κ3) is 4.45. The summed E-state index contributed by atoms with van der Waals surface area (Å²) < 4.78 is 55.1. The van der Waals surface area contributed by atoms with Gasteiger partial charge < -0.3 is 5.32 Å². The number of benzene rings is 1. The van der Waals surface area contributed by atoms with Gasteiger partial charge >= 0.3 is 0 Å². The van der Waals surface area contributed by atoms with Crippen molar-refractivity contribution in [1.29, 1.82) is 0 Å². The molecule has 0 aliphatic rings. The fraction of sp³-hybridized carbons (Fsp3) is 0.238. The van der Waals surface area contributed by atoms with E-state index in [-0.39, 0.29) is 17.9 Å². The Labute approximate surface area is 200 Å². The number of hydrogen-bond donors (Lipinski definition) is 1. The summed E-state index contributed by atoms with van der Waals surface area (Å²) in [4.78, 5) is 16.5. The highest BCUT2D eigenvalue weighted by Gasteiger charge is 2.23. The molecule has 0 atom stereocenters. The zero-order valence-corrected chi connectivity index (χ0v) is 19.2. The topological polar surface area (TPSA) is 77.1 Å². The molecule has 0 fully saturated rings. The smallest absolute Gasteiger partial charge is 0.280 e. The van der Waals surface area contributed by atoms with Crippen LogP contribution in [0, 0.1) is 13.8 Å². The van der Waals surface area contributed by atoms with E-state index < -0.39 is 30.1 Å². The number of nitrogens with zero attached hydrogens (tertiary/aromatic N) is 5. The summed E-state index contributed by atoms with van der Waals surface area (Å²) in [5.74, 6) is -0.745. The summed E-state index contributed by atoms with van der Waals surface area (Å²) in [7, 11) is 0. The first-order valence-electron chi connectivity index (χ1n) is 9.82. The number of halogens is 6. The predicted molar refractivity (Wildman–Crippen MR) is 118 cm³/mol. The first-order valence-corrected chi connectivity index (χ1v) is 10.6. The van der Waals surface area contributed by atoms with Gasteiger partial charge in [-0.3, -0.25) is 9.48 Å². The third-order valence-electron chi connectivity index (χ3n) is 5.14. The molecule has 0 saturated carbocycles. The molecule has 0 radical (unpaired) electrons. The Morgan fingerprint density at radius 2 is 1.74 bits per heavy atom. The van der Waals surface area contributed by atoms with Crippen molar-refractivity contribution < 1.29 is 22.4 Å². The van der Waals surface area contributed by atoms with Crippen LogP contribution in [0.25, 0.3) is 5.65 Å². The lowest BCUT2D eigenvalue weighted by Crippen LogP contribution is -2.14. The van der Waals surface area contributed by atoms with Crippen molar-refractivity contribution in [3.63, 3.8) is 0 Å². The van der Waals surface area contributed by atoms with E-state index in [4.69, 9.17) is 23.2 Å². The number of nitrogens with one attached hydrogen (secondary N) is 1. The van der Waals surface area contributed by atoms with Crippen molar-refractivity contribution in [2.45, 2.75) is 33.2 Å². The molecule has 3 aromatic heterocycles. The minimum Gasteiger partial charge on any atom is -0.317 e. The second kappa shape index (κ2) is 9.22. The van der Waals surface area contributed by atoms with Crippen LogP contribution >= 0.6 is 23.2 Å². The second-order valence-electron chi connectivity index (χ2n) is 7.36. The molecule has 3 heterocycles. The third-order valence-corrected chi connectivity index (χ3v) is 5.85. The molecule has 13 heteroatoms. The molecule has 4 rings (SSSR count). The lowest BCUT2D eigenvalue weighted by Gasteiger charge is -2.09. The monoisotopic (exact) mass is 514 g/mol. The van der Waals surface area contributed by atoms with E-state index in [9.17, 15) is 22.4 Å². The minimum atomic E-state index is -3.10. The quantitative estimate of drug-likeness (QED) is 0.319. The Balaban J connectivity index is 1.65. The molecule has 1 aromatic carbocycles. The number of anilines is 1. The van der Waals surface area contributed by atoms with Crippen LogP contribution in [0.3, 0.4) is 0 Å². The maximum absolute atomic E-state index is 13.4. The van der Waals surface area contributed by atoms with Crippen LogP contribution in [-0.4, -0.2) is 30.3 Å². The summed E-state index contributed by atoms with van der Waals surface area (Å²) in [5.41, 5.74) is -0.119. The van der Waals surface area contributed by atoms with Gasteiger partial charge in [-0.25, -0.2) is 27.1 Å². The fourth-order valence-electron chi connectivity index (χ4n) is 3.44. The highest BCUT2D eigenvalue weighted by Crippen LogP contribution is 2.28. The molecule has 1 amide bonds. The Kier molecular flexibility index (Phi) is 6.50. The highest BCUT2D eigenvalue weighted by molar-refractivity contribution is 6.36. The molecule has 0 aliphatic carbocycles. The van der Waals surface area contributed by atoms with Gasteiger partial charge in [-0.2, -0.15) is 10.2 Å². The predicted octanol–water partition coefficient (Wildman–Crippen LogP) is 6.03. The number of alkyl halides is 4. The Hall–Kier alpha value is -3.18. The fourth-order valence-corrected chi connectivity index (χ4v) is 3.96. The van der Waals surface area contributed by atoms with Gasteiger partial charge in [0.2, 0.25) is 0 Å². The number of hydrogen-bond acceptors (Lipinski definition) is 4. The van der Waals surface area contributed by atoms with Crippen LogP contribution in [0.15, 0.2) is 30.3 Å². The largest absolute Gasteiger partial charge is 0.317 e. The number of aromatic nitrogens is 5. The van der Waals surface area contributed by atoms with Crippen molar-refractivity contribution in [3.05, 3.63) is 74.4 Å². The molecule has 0 spiro atoms. The Morgan fingerprint density at radius 3 is 2.35 bits per heavy atom. The Morgan fingerprint density at radius 1 is 1.06 bits per heavy atom. The first kappa shape index (κ1) is 24.0. The highest BCUT2D eigenvalue weighted by atomic mass is 35.5. The SMILES string of the molecule is Cc1nn(Cc2c(Cl)cccc2Cl)c(C)c1NC(=O)c1cc2nc(C(F)F)cc(C(F)F)n2n1. The molecular formula is C21H16Cl2F4N6O. The number of fused-ring (bicyclic) bond motifs is 1. The number of rotatable bonds is 6. The minimum absolute atomic E-state index is 0.244. The summed E-state index contributed by atoms with van der Waals surface area (Å²) in [6.07, 6.45) is -6.16. The average molecular weight is 515 g/mol. The van der Waals surface area contributed by atoms with Crippen molar-refractivity contribution in [2.75, 3.05) is 5.32 Å². The van der Waals surface area contributed by atoms with Gasteiger partial charge in [-0.15, -0.1) is 0 Å². The normalized spacial score (nSPS) is 11.7. The maximum Gasteiger partial charge on any atom is 0.280 e. The number of amides is 1. The van der Waals surface area contributed by atoms with Crippen LogP contribution in [0.2, 0.25) is 10.0 Å². The molecule has 1 N–H and O–H groups in total. The molecule has 0 aliphatic heterocycles. The summed E-state index contributed by atoms with van der Waals surface area (Å²) in [6, 6.07) is 6.73. The first-order chi connectivity index (χ1) is 16.1. The Bertz CT molecular complexity index is 1380. The second-order valence-corrected chi connectivity index (χ2v) is 8.18. The van der Waals surface area contributed by atoms with Crippen LogP contribution in [0.1, 0.15) is 51.7 Å². The zero-order valence-electron chi connectivity index (χ0n) is 17.7. The van der Waals surface area contributed by atoms with Gasteiger partial charge in [-0.1, -0.05) is 29.3 Å². The van der Waals surface area contributed by atoms with Gasteiger partial charge in [0.15, 0.2) is 11.3 Å². The van der Waals surface area contributed by atoms with E-state index in [0.29, 0.717) is 43.3 Å². The zero-order chi connectivity index (χ0) is 24.7. The maximum atomic E-state index is 13.4. The van der Waals surface area contributed by atoms with Crippen LogP contribution in [0.4, 0.5) is 23.2 Å². The lowest BCUT2D eigenvalue weighted by atomic mass is 10.2. The van der Waals surface area contributed by atoms with E-state index in [1.165, 1.54) is 0 Å². The number of aryl methyl sites for hydroxylation is 1. The lowest BCUT2D eigenvalue weighted by molar-refractivity contribution is 0.102. The standard InChI is InChI=1S/C21H16Cl2F4N6O/c1-9-18(10(2)32(30-9)8-11-12(22)4-3-5-13(11)23)29-21(34)15-7-17-28-14(19(24)25)6-16(20(26)27)33(17)31-15/h3-7,19-20H,8H2,1-2H3,(H,29,34). The van der Waals surface area contributed by atoms with Crippen LogP contribution < -0.4 is 5.32 Å². The molecule has 4 aromatic rings. The van der Waals surface area contributed by atoms with E-state index in [1.54, 1.807) is 36.7 Å². The van der Waals surface area contributed by atoms with E-state index in [0.717, 1.165) is 6.07 Å².